The molecule has 0 radical (unpaired) electrons. The summed E-state index contributed by atoms with van der Waals surface area (Å²) in [5.74, 6) is -1.11. The predicted octanol–water partition coefficient (Wildman–Crippen LogP) is 3.27. The number of carbonyl (C=O) groups is 2. The smallest absolute Gasteiger partial charge is 0.338 e. The van der Waals surface area contributed by atoms with Crippen LogP contribution in [-0.4, -0.2) is 47.6 Å². The fourth-order valence-electron chi connectivity index (χ4n) is 3.28. The van der Waals surface area contributed by atoms with Crippen LogP contribution in [0.3, 0.4) is 0 Å². The van der Waals surface area contributed by atoms with Gasteiger partial charge in [-0.25, -0.2) is 4.79 Å². The van der Waals surface area contributed by atoms with Crippen LogP contribution in [0, 0.1) is 24.0 Å². The van der Waals surface area contributed by atoms with E-state index >= 15 is 0 Å². The molecule has 0 atom stereocenters. The van der Waals surface area contributed by atoms with Gasteiger partial charge < -0.3 is 19.4 Å². The number of nitrogens with one attached hydrogen (secondary N) is 1. The molecule has 0 unspecified atom stereocenters. The van der Waals surface area contributed by atoms with Crippen LogP contribution < -0.4 is 5.32 Å². The molecular formula is C21H25N3O6. The Balaban J connectivity index is 1.67. The molecule has 30 heavy (non-hydrogen) atoms. The Morgan fingerprint density at radius 1 is 1.27 bits per heavy atom. The van der Waals surface area contributed by atoms with Crippen molar-refractivity contribution in [3.63, 3.8) is 0 Å². The Morgan fingerprint density at radius 2 is 2.00 bits per heavy atom. The van der Waals surface area contributed by atoms with Crippen molar-refractivity contribution in [3.8, 4) is 0 Å². The van der Waals surface area contributed by atoms with Gasteiger partial charge in [0.2, 0.25) is 5.78 Å². The molecule has 1 aliphatic rings. The first-order valence-corrected chi connectivity index (χ1v) is 9.72. The number of ether oxygens (including phenoxy) is 2. The van der Waals surface area contributed by atoms with Crippen molar-refractivity contribution in [1.29, 1.82) is 0 Å². The molecule has 1 fully saturated rings. The highest BCUT2D eigenvalue weighted by Crippen LogP contribution is 2.31. The number of nitro groups is 1. The maximum absolute atomic E-state index is 12.6. The highest BCUT2D eigenvalue weighted by molar-refractivity contribution is 6.00. The van der Waals surface area contributed by atoms with Crippen LogP contribution in [0.4, 0.5) is 11.4 Å². The second-order valence-corrected chi connectivity index (χ2v) is 7.34. The van der Waals surface area contributed by atoms with Crippen molar-refractivity contribution in [2.45, 2.75) is 39.3 Å². The van der Waals surface area contributed by atoms with Crippen LogP contribution in [0.1, 0.15) is 44.9 Å². The van der Waals surface area contributed by atoms with Crippen LogP contribution in [0.15, 0.2) is 24.3 Å². The summed E-state index contributed by atoms with van der Waals surface area (Å²) in [6.07, 6.45) is 1.93. The van der Waals surface area contributed by atoms with Crippen molar-refractivity contribution in [3.05, 3.63) is 56.9 Å². The van der Waals surface area contributed by atoms with Gasteiger partial charge in [-0.05, 0) is 44.9 Å². The molecule has 2 aromatic rings. The molecule has 1 saturated carbocycles. The van der Waals surface area contributed by atoms with Crippen LogP contribution in [-0.2, 0) is 16.0 Å². The highest BCUT2D eigenvalue weighted by Gasteiger charge is 2.26. The monoisotopic (exact) mass is 415 g/mol. The molecule has 1 N–H and O–H groups in total. The van der Waals surface area contributed by atoms with Gasteiger partial charge in [0.1, 0.15) is 5.69 Å². The lowest BCUT2D eigenvalue weighted by molar-refractivity contribution is -0.384. The third-order valence-corrected chi connectivity index (χ3v) is 5.09. The van der Waals surface area contributed by atoms with Crippen molar-refractivity contribution in [1.82, 2.24) is 4.57 Å². The summed E-state index contributed by atoms with van der Waals surface area (Å²) in [5.41, 5.74) is 2.38. The van der Waals surface area contributed by atoms with Gasteiger partial charge >= 0.3 is 5.97 Å². The summed E-state index contributed by atoms with van der Waals surface area (Å²) >= 11 is 0. The molecule has 1 aromatic carbocycles. The Bertz CT molecular complexity index is 977. The molecule has 160 valence electrons. The van der Waals surface area contributed by atoms with E-state index in [0.29, 0.717) is 24.4 Å². The largest absolute Gasteiger partial charge is 0.454 e. The number of rotatable bonds is 10. The van der Waals surface area contributed by atoms with Gasteiger partial charge in [-0.2, -0.15) is 0 Å². The zero-order valence-electron chi connectivity index (χ0n) is 17.3. The van der Waals surface area contributed by atoms with E-state index in [1.54, 1.807) is 13.2 Å². The molecule has 9 nitrogen and oxygen atoms in total. The first-order valence-electron chi connectivity index (χ1n) is 9.72. The molecular weight excluding hydrogens is 390 g/mol. The van der Waals surface area contributed by atoms with Crippen LogP contribution >= 0.6 is 0 Å². The van der Waals surface area contributed by atoms with E-state index in [4.69, 9.17) is 9.47 Å². The molecule has 9 heteroatoms. The van der Waals surface area contributed by atoms with E-state index in [0.717, 1.165) is 24.2 Å². The normalized spacial score (nSPS) is 13.2. The van der Waals surface area contributed by atoms with E-state index in [9.17, 15) is 19.7 Å². The number of benzene rings is 1. The number of anilines is 1. The SMILES string of the molecule is COCCn1c(C)cc(C(=O)COC(=O)c2ccc(NC3CC3)c([N+](=O)[O-])c2)c1C. The van der Waals surface area contributed by atoms with Gasteiger partial charge in [0, 0.05) is 42.7 Å². The topological polar surface area (TPSA) is 113 Å². The third kappa shape index (κ3) is 4.85. The quantitative estimate of drug-likeness (QED) is 0.274. The number of methoxy groups -OCH3 is 1. The molecule has 0 saturated heterocycles. The average molecular weight is 415 g/mol. The van der Waals surface area contributed by atoms with Gasteiger partial charge in [0.15, 0.2) is 6.61 Å². The second-order valence-electron chi connectivity index (χ2n) is 7.34. The minimum atomic E-state index is -0.780. The van der Waals surface area contributed by atoms with E-state index in [1.807, 2.05) is 18.4 Å². The van der Waals surface area contributed by atoms with E-state index < -0.39 is 17.5 Å². The first kappa shape index (κ1) is 21.5. The molecule has 0 amide bonds. The number of aryl methyl sites for hydroxylation is 1. The van der Waals surface area contributed by atoms with Gasteiger partial charge in [-0.15, -0.1) is 0 Å². The van der Waals surface area contributed by atoms with Crippen molar-refractivity contribution >= 4 is 23.1 Å². The van der Waals surface area contributed by atoms with E-state index in [1.165, 1.54) is 18.2 Å². The fraction of sp³-hybridized carbons (Fsp3) is 0.429. The van der Waals surface area contributed by atoms with E-state index in [-0.39, 0.29) is 23.1 Å². The first-order chi connectivity index (χ1) is 14.3. The number of ketones is 1. The number of nitro benzene ring substituents is 1. The van der Waals surface area contributed by atoms with Crippen LogP contribution in [0.2, 0.25) is 0 Å². The molecule has 0 bridgehead atoms. The van der Waals surface area contributed by atoms with Gasteiger partial charge in [0.25, 0.3) is 5.69 Å². The summed E-state index contributed by atoms with van der Waals surface area (Å²) in [4.78, 5) is 35.7. The summed E-state index contributed by atoms with van der Waals surface area (Å²) < 4.78 is 12.2. The van der Waals surface area contributed by atoms with Gasteiger partial charge in [-0.1, -0.05) is 0 Å². The maximum atomic E-state index is 12.6. The van der Waals surface area contributed by atoms with Crippen molar-refractivity contribution in [2.75, 3.05) is 25.6 Å². The third-order valence-electron chi connectivity index (χ3n) is 5.09. The molecule has 0 aliphatic heterocycles. The average Bonchev–Trinajstić information content (AvgIpc) is 3.49. The number of Topliss-reactive ketones (excluding diaryl/α,β-unsaturated/α-hetero) is 1. The summed E-state index contributed by atoms with van der Waals surface area (Å²) in [6, 6.07) is 6.12. The molecule has 0 spiro atoms. The van der Waals surface area contributed by atoms with Crippen molar-refractivity contribution in [2.24, 2.45) is 0 Å². The number of nitrogens with zero attached hydrogens (tertiary/aromatic N) is 2. The zero-order valence-corrected chi connectivity index (χ0v) is 17.3. The van der Waals surface area contributed by atoms with Gasteiger partial charge in [-0.3, -0.25) is 14.9 Å². The Kier molecular flexibility index (Phi) is 6.51. The molecule has 1 aromatic heterocycles. The molecule has 3 rings (SSSR count). The number of aromatic nitrogens is 1. The van der Waals surface area contributed by atoms with Gasteiger partial charge in [0.05, 0.1) is 17.1 Å². The second kappa shape index (κ2) is 9.08. The number of hydrogen-bond donors (Lipinski definition) is 1. The minimum Gasteiger partial charge on any atom is -0.454 e. The lowest BCUT2D eigenvalue weighted by atomic mass is 10.1. The van der Waals surface area contributed by atoms with Crippen molar-refractivity contribution < 1.29 is 24.0 Å². The number of carbonyl (C=O) groups excluding carboxylic acids is 2. The fourth-order valence-corrected chi connectivity index (χ4v) is 3.28. The summed E-state index contributed by atoms with van der Waals surface area (Å²) in [5, 5.41) is 14.4. The minimum absolute atomic E-state index is 0.0291. The number of esters is 1. The summed E-state index contributed by atoms with van der Waals surface area (Å²) in [7, 11) is 1.61. The summed E-state index contributed by atoms with van der Waals surface area (Å²) in [6.45, 7) is 4.41. The lowest BCUT2D eigenvalue weighted by Crippen LogP contribution is -2.16. The zero-order chi connectivity index (χ0) is 21.8. The Morgan fingerprint density at radius 3 is 2.63 bits per heavy atom. The standard InChI is InChI=1S/C21H25N3O6/c1-13-10-17(14(2)23(13)8-9-29-3)20(25)12-30-21(26)15-4-7-18(22-16-5-6-16)19(11-15)24(27)28/h4,7,10-11,16,22H,5-6,8-9,12H2,1-3H3. The van der Waals surface area contributed by atoms with E-state index in [2.05, 4.69) is 5.32 Å². The Labute approximate surface area is 174 Å². The highest BCUT2D eigenvalue weighted by atomic mass is 16.6. The van der Waals surface area contributed by atoms with Crippen LogP contribution in [0.5, 0.6) is 0 Å². The predicted molar refractivity (Wildman–Crippen MR) is 110 cm³/mol. The lowest BCUT2D eigenvalue weighted by Gasteiger charge is -2.09. The molecule has 1 heterocycles. The van der Waals surface area contributed by atoms with Crippen LogP contribution in [0.25, 0.3) is 0 Å². The number of hydrogen-bond acceptors (Lipinski definition) is 7. The maximum Gasteiger partial charge on any atom is 0.338 e. The molecule has 1 aliphatic carbocycles. The Hall–Kier alpha value is -3.20.